The number of ether oxygens (including phenoxy) is 2. The van der Waals surface area contributed by atoms with Gasteiger partial charge in [-0.15, -0.1) is 0 Å². The summed E-state index contributed by atoms with van der Waals surface area (Å²) in [5.74, 6) is 1.71. The number of anilines is 1. The number of nitrogens with zero attached hydrogens (tertiary/aromatic N) is 2. The predicted molar refractivity (Wildman–Crippen MR) is 77.5 cm³/mol. The smallest absolute Gasteiger partial charge is 0.358 e. The number of rotatable bonds is 5. The van der Waals surface area contributed by atoms with E-state index in [0.29, 0.717) is 30.7 Å². The first-order valence-electron chi connectivity index (χ1n) is 6.90. The van der Waals surface area contributed by atoms with E-state index in [1.54, 1.807) is 0 Å². The first-order valence-corrected chi connectivity index (χ1v) is 7.28. The van der Waals surface area contributed by atoms with E-state index in [1.165, 1.54) is 7.11 Å². The van der Waals surface area contributed by atoms with Crippen LogP contribution in [0.1, 0.15) is 41.5 Å². The minimum absolute atomic E-state index is 0.111. The molecule has 0 amide bonds. The largest absolute Gasteiger partial charge is 0.496 e. The predicted octanol–water partition coefficient (Wildman–Crippen LogP) is 2.51. The van der Waals surface area contributed by atoms with E-state index in [-0.39, 0.29) is 10.7 Å². The van der Waals surface area contributed by atoms with Crippen molar-refractivity contribution in [2.24, 2.45) is 0 Å². The average molecular weight is 310 g/mol. The summed E-state index contributed by atoms with van der Waals surface area (Å²) < 4.78 is 10.2. The monoisotopic (exact) mass is 309 g/mol. The number of methoxy groups -OCH3 is 1. The molecule has 7 heteroatoms. The van der Waals surface area contributed by atoms with E-state index in [9.17, 15) is 4.79 Å². The molecule has 1 aromatic rings. The molecule has 3 rings (SSSR count). The van der Waals surface area contributed by atoms with E-state index in [0.717, 1.165) is 25.0 Å². The van der Waals surface area contributed by atoms with Gasteiger partial charge < -0.3 is 14.8 Å². The standard InChI is InChI=1S/C14H16ClN3O3/c1-20-14(19)11-10(15)13(16-7-9-3-2-6-21-9)18-12(17-11)8-4-5-8/h3,8H,2,4-7H2,1H3,(H,16,17,18). The van der Waals surface area contributed by atoms with Gasteiger partial charge in [0.05, 0.1) is 20.3 Å². The molecule has 0 spiro atoms. The minimum Gasteiger partial charge on any atom is -0.496 e. The second-order valence-corrected chi connectivity index (χ2v) is 5.40. The number of esters is 1. The quantitative estimate of drug-likeness (QED) is 0.843. The van der Waals surface area contributed by atoms with E-state index >= 15 is 0 Å². The van der Waals surface area contributed by atoms with Gasteiger partial charge >= 0.3 is 5.97 Å². The molecule has 1 aliphatic heterocycles. The van der Waals surface area contributed by atoms with E-state index in [4.69, 9.17) is 21.1 Å². The Morgan fingerprint density at radius 3 is 2.95 bits per heavy atom. The summed E-state index contributed by atoms with van der Waals surface area (Å²) in [5, 5.41) is 3.30. The second-order valence-electron chi connectivity index (χ2n) is 5.02. The summed E-state index contributed by atoms with van der Waals surface area (Å²) >= 11 is 6.22. The molecule has 1 aromatic heterocycles. The van der Waals surface area contributed by atoms with Crippen molar-refractivity contribution in [2.45, 2.75) is 25.2 Å². The zero-order valence-electron chi connectivity index (χ0n) is 11.7. The number of hydrogen-bond donors (Lipinski definition) is 1. The van der Waals surface area contributed by atoms with Gasteiger partial charge in [-0.2, -0.15) is 0 Å². The summed E-state index contributed by atoms with van der Waals surface area (Å²) in [6.07, 6.45) is 5.01. The van der Waals surface area contributed by atoms with Crippen LogP contribution in [-0.4, -0.2) is 36.2 Å². The fraction of sp³-hybridized carbons (Fsp3) is 0.500. The number of hydrogen-bond acceptors (Lipinski definition) is 6. The van der Waals surface area contributed by atoms with Crippen LogP contribution in [-0.2, 0) is 9.47 Å². The van der Waals surface area contributed by atoms with Gasteiger partial charge in [-0.3, -0.25) is 0 Å². The molecular formula is C14H16ClN3O3. The highest BCUT2D eigenvalue weighted by Gasteiger charge is 2.30. The van der Waals surface area contributed by atoms with Crippen LogP contribution >= 0.6 is 11.6 Å². The normalized spacial score (nSPS) is 17.1. The van der Waals surface area contributed by atoms with Crippen molar-refractivity contribution in [2.75, 3.05) is 25.6 Å². The highest BCUT2D eigenvalue weighted by Crippen LogP contribution is 2.39. The SMILES string of the molecule is COC(=O)c1nc(C2CC2)nc(NCC2=CCCO2)c1Cl. The molecule has 1 saturated carbocycles. The summed E-state index contributed by atoms with van der Waals surface area (Å²) in [6, 6.07) is 0. The first-order chi connectivity index (χ1) is 10.2. The molecule has 2 heterocycles. The fourth-order valence-electron chi connectivity index (χ4n) is 2.10. The zero-order chi connectivity index (χ0) is 14.8. The number of aromatic nitrogens is 2. The molecule has 0 aromatic carbocycles. The van der Waals surface area contributed by atoms with Crippen LogP contribution < -0.4 is 5.32 Å². The summed E-state index contributed by atoms with van der Waals surface area (Å²) in [4.78, 5) is 20.5. The minimum atomic E-state index is -0.552. The molecule has 2 aliphatic rings. The topological polar surface area (TPSA) is 73.3 Å². The lowest BCUT2D eigenvalue weighted by Gasteiger charge is -2.12. The second kappa shape index (κ2) is 5.89. The number of carbonyl (C=O) groups is 1. The highest BCUT2D eigenvalue weighted by atomic mass is 35.5. The van der Waals surface area contributed by atoms with Crippen molar-refractivity contribution in [3.8, 4) is 0 Å². The van der Waals surface area contributed by atoms with Crippen LogP contribution in [0.4, 0.5) is 5.82 Å². The molecule has 6 nitrogen and oxygen atoms in total. The Labute approximate surface area is 127 Å². The van der Waals surface area contributed by atoms with Crippen molar-refractivity contribution < 1.29 is 14.3 Å². The molecule has 0 unspecified atom stereocenters. The maximum absolute atomic E-state index is 11.8. The first kappa shape index (κ1) is 14.1. The molecule has 1 N–H and O–H groups in total. The van der Waals surface area contributed by atoms with Gasteiger partial charge in [0.15, 0.2) is 5.69 Å². The van der Waals surface area contributed by atoms with Crippen LogP contribution in [0.15, 0.2) is 11.8 Å². The third-order valence-corrected chi connectivity index (χ3v) is 3.76. The van der Waals surface area contributed by atoms with Crippen molar-refractivity contribution >= 4 is 23.4 Å². The fourth-order valence-corrected chi connectivity index (χ4v) is 2.33. The van der Waals surface area contributed by atoms with Crippen molar-refractivity contribution in [3.05, 3.63) is 28.4 Å². The van der Waals surface area contributed by atoms with Crippen LogP contribution in [0.25, 0.3) is 0 Å². The summed E-state index contributed by atoms with van der Waals surface area (Å²) in [7, 11) is 1.31. The Bertz CT molecular complexity index is 599. The van der Waals surface area contributed by atoms with Crippen molar-refractivity contribution in [1.82, 2.24) is 9.97 Å². The molecule has 112 valence electrons. The van der Waals surface area contributed by atoms with E-state index in [1.807, 2.05) is 6.08 Å². The molecule has 0 radical (unpaired) electrons. The lowest BCUT2D eigenvalue weighted by atomic mass is 10.3. The third-order valence-electron chi connectivity index (χ3n) is 3.40. The molecular weight excluding hydrogens is 294 g/mol. The summed E-state index contributed by atoms with van der Waals surface area (Å²) in [5.41, 5.74) is 0.111. The highest BCUT2D eigenvalue weighted by molar-refractivity contribution is 6.35. The van der Waals surface area contributed by atoms with Gasteiger partial charge in [-0.1, -0.05) is 11.6 Å². The van der Waals surface area contributed by atoms with Crippen molar-refractivity contribution in [3.63, 3.8) is 0 Å². The Morgan fingerprint density at radius 2 is 2.33 bits per heavy atom. The van der Waals surface area contributed by atoms with Crippen LogP contribution in [0.3, 0.4) is 0 Å². The van der Waals surface area contributed by atoms with Gasteiger partial charge in [0.2, 0.25) is 0 Å². The Balaban J connectivity index is 1.86. The van der Waals surface area contributed by atoms with Crippen LogP contribution in [0.2, 0.25) is 5.02 Å². The lowest BCUT2D eigenvalue weighted by Crippen LogP contribution is -2.14. The van der Waals surface area contributed by atoms with Gasteiger partial charge in [-0.05, 0) is 18.9 Å². The van der Waals surface area contributed by atoms with Gasteiger partial charge in [0, 0.05) is 12.3 Å². The molecule has 0 atom stereocenters. The maximum Gasteiger partial charge on any atom is 0.358 e. The molecule has 21 heavy (non-hydrogen) atoms. The zero-order valence-corrected chi connectivity index (χ0v) is 12.4. The Morgan fingerprint density at radius 1 is 1.52 bits per heavy atom. The average Bonchev–Trinajstić information content (AvgIpc) is 3.22. The molecule has 1 aliphatic carbocycles. The molecule has 0 bridgehead atoms. The van der Waals surface area contributed by atoms with Gasteiger partial charge in [-0.25, -0.2) is 14.8 Å². The Hall–Kier alpha value is -1.82. The van der Waals surface area contributed by atoms with Gasteiger partial charge in [0.25, 0.3) is 0 Å². The molecule has 1 fully saturated rings. The maximum atomic E-state index is 11.8. The van der Waals surface area contributed by atoms with Crippen molar-refractivity contribution in [1.29, 1.82) is 0 Å². The number of carbonyl (C=O) groups excluding carboxylic acids is 1. The summed E-state index contributed by atoms with van der Waals surface area (Å²) in [6.45, 7) is 1.19. The molecule has 0 saturated heterocycles. The van der Waals surface area contributed by atoms with E-state index in [2.05, 4.69) is 15.3 Å². The van der Waals surface area contributed by atoms with E-state index < -0.39 is 5.97 Å². The third kappa shape index (κ3) is 3.10. The lowest BCUT2D eigenvalue weighted by molar-refractivity contribution is 0.0593. The van der Waals surface area contributed by atoms with Crippen LogP contribution in [0.5, 0.6) is 0 Å². The number of nitrogens with one attached hydrogen (secondary N) is 1. The number of halogens is 1. The Kier molecular flexibility index (Phi) is 3.96. The van der Waals surface area contributed by atoms with Crippen LogP contribution in [0, 0.1) is 0 Å². The van der Waals surface area contributed by atoms with Gasteiger partial charge in [0.1, 0.15) is 22.4 Å².